The van der Waals surface area contributed by atoms with Crippen molar-refractivity contribution in [1.82, 2.24) is 4.98 Å². The van der Waals surface area contributed by atoms with Crippen LogP contribution in [0.25, 0.3) is 0 Å². The molecule has 0 aromatic carbocycles. The van der Waals surface area contributed by atoms with Crippen molar-refractivity contribution >= 4 is 28.6 Å². The Bertz CT molecular complexity index is 482. The maximum atomic E-state index is 11.9. The number of pyridine rings is 1. The van der Waals surface area contributed by atoms with Crippen LogP contribution in [-0.4, -0.2) is 22.4 Å². The number of rotatable bonds is 2. The molecule has 1 aromatic heterocycles. The summed E-state index contributed by atoms with van der Waals surface area (Å²) >= 11 is 1.34. The summed E-state index contributed by atoms with van der Waals surface area (Å²) < 4.78 is 38.9. The van der Waals surface area contributed by atoms with Crippen LogP contribution in [-0.2, 0) is 0 Å². The second-order valence-corrected chi connectivity index (χ2v) is 3.62. The Morgan fingerprint density at radius 3 is 2.50 bits per heavy atom. The third-order valence-corrected chi connectivity index (χ3v) is 2.46. The van der Waals surface area contributed by atoms with Gasteiger partial charge in [0.2, 0.25) is 0 Å². The largest absolute Gasteiger partial charge is 0.573 e. The molecule has 0 aliphatic heterocycles. The molecule has 0 spiro atoms. The molecule has 0 atom stereocenters. The fourth-order valence-corrected chi connectivity index (χ4v) is 1.50. The molecule has 0 saturated carbocycles. The van der Waals surface area contributed by atoms with Gasteiger partial charge in [0.15, 0.2) is 5.75 Å². The van der Waals surface area contributed by atoms with Crippen molar-refractivity contribution in [1.29, 1.82) is 0 Å². The van der Waals surface area contributed by atoms with Crippen LogP contribution in [0.4, 0.5) is 13.2 Å². The van der Waals surface area contributed by atoms with Gasteiger partial charge in [0.1, 0.15) is 5.69 Å². The summed E-state index contributed by atoms with van der Waals surface area (Å²) in [6, 6.07) is 0.529. The zero-order valence-electron chi connectivity index (χ0n) is 7.26. The Morgan fingerprint density at radius 1 is 1.50 bits per heavy atom. The molecule has 9 heteroatoms. The smallest absolute Gasteiger partial charge is 0.477 e. The van der Waals surface area contributed by atoms with Gasteiger partial charge in [-0.25, -0.2) is 4.79 Å². The highest BCUT2D eigenvalue weighted by Crippen LogP contribution is 2.27. The van der Waals surface area contributed by atoms with E-state index in [2.05, 4.69) is 4.74 Å². The first-order chi connectivity index (χ1) is 7.20. The molecule has 0 saturated heterocycles. The summed E-state index contributed by atoms with van der Waals surface area (Å²) in [4.78, 5) is 23.4. The second kappa shape index (κ2) is 4.31. The highest BCUT2D eigenvalue weighted by atomic mass is 127. The molecule has 1 aromatic rings. The Kier molecular flexibility index (Phi) is 3.45. The highest BCUT2D eigenvalue weighted by molar-refractivity contribution is 14.1. The first-order valence-electron chi connectivity index (χ1n) is 3.62. The molecule has 0 aliphatic carbocycles. The predicted molar refractivity (Wildman–Crippen MR) is 53.4 cm³/mol. The number of H-pyrrole nitrogens is 1. The molecule has 0 aliphatic rings. The predicted octanol–water partition coefficient (Wildman–Crippen LogP) is 1.58. The van der Waals surface area contributed by atoms with Crippen molar-refractivity contribution in [2.24, 2.45) is 0 Å². The topological polar surface area (TPSA) is 79.4 Å². The quantitative estimate of drug-likeness (QED) is 0.795. The fourth-order valence-electron chi connectivity index (χ4n) is 0.866. The van der Waals surface area contributed by atoms with Crippen LogP contribution in [0, 0.1) is 3.57 Å². The van der Waals surface area contributed by atoms with E-state index in [0.717, 1.165) is 0 Å². The summed E-state index contributed by atoms with van der Waals surface area (Å²) in [6.45, 7) is 0. The van der Waals surface area contributed by atoms with Gasteiger partial charge >= 0.3 is 12.3 Å². The first kappa shape index (κ1) is 12.8. The van der Waals surface area contributed by atoms with Crippen LogP contribution in [0.2, 0.25) is 0 Å². The number of aromatic carboxylic acids is 1. The van der Waals surface area contributed by atoms with Crippen molar-refractivity contribution in [2.75, 3.05) is 0 Å². The molecule has 0 amide bonds. The molecule has 88 valence electrons. The summed E-state index contributed by atoms with van der Waals surface area (Å²) in [5.41, 5.74) is -1.63. The Labute approximate surface area is 99.4 Å². The molecule has 0 unspecified atom stereocenters. The molecule has 1 rings (SSSR count). The number of carboxylic acid groups (broad SMARTS) is 1. The number of ether oxygens (including phenoxy) is 1. The zero-order valence-corrected chi connectivity index (χ0v) is 9.42. The Balaban J connectivity index is 3.30. The van der Waals surface area contributed by atoms with Crippen LogP contribution in [0.1, 0.15) is 10.5 Å². The summed E-state index contributed by atoms with van der Waals surface area (Å²) in [6.07, 6.45) is -4.98. The number of hydrogen-bond donors (Lipinski definition) is 2. The van der Waals surface area contributed by atoms with Gasteiger partial charge in [-0.15, -0.1) is 13.2 Å². The summed E-state index contributed by atoms with van der Waals surface area (Å²) in [5.74, 6) is -2.39. The monoisotopic (exact) mass is 349 g/mol. The van der Waals surface area contributed by atoms with Crippen LogP contribution in [0.15, 0.2) is 10.9 Å². The molecule has 5 nitrogen and oxygen atoms in total. The molecule has 1 heterocycles. The molecule has 0 radical (unpaired) electrons. The maximum absolute atomic E-state index is 11.9. The lowest BCUT2D eigenvalue weighted by molar-refractivity contribution is -0.275. The molecule has 0 fully saturated rings. The first-order valence-corrected chi connectivity index (χ1v) is 4.70. The number of aromatic nitrogens is 1. The molecular weight excluding hydrogens is 346 g/mol. The van der Waals surface area contributed by atoms with E-state index < -0.39 is 29.3 Å². The van der Waals surface area contributed by atoms with E-state index in [9.17, 15) is 22.8 Å². The fraction of sp³-hybridized carbons (Fsp3) is 0.143. The van der Waals surface area contributed by atoms with Crippen molar-refractivity contribution in [3.63, 3.8) is 0 Å². The van der Waals surface area contributed by atoms with Crippen LogP contribution in [0.3, 0.4) is 0 Å². The summed E-state index contributed by atoms with van der Waals surface area (Å²) in [7, 11) is 0. The van der Waals surface area contributed by atoms with Gasteiger partial charge in [-0.2, -0.15) is 0 Å². The summed E-state index contributed by atoms with van der Waals surface area (Å²) in [5, 5.41) is 8.60. The molecular formula is C7H3F3INO4. The second-order valence-electron chi connectivity index (χ2n) is 2.54. The Morgan fingerprint density at radius 2 is 2.06 bits per heavy atom. The lowest BCUT2D eigenvalue weighted by atomic mass is 10.3. The van der Waals surface area contributed by atoms with E-state index in [-0.39, 0.29) is 3.57 Å². The van der Waals surface area contributed by atoms with Gasteiger partial charge in [0.05, 0.1) is 3.57 Å². The lowest BCUT2D eigenvalue weighted by Gasteiger charge is -2.10. The van der Waals surface area contributed by atoms with Gasteiger partial charge in [0.25, 0.3) is 5.56 Å². The van der Waals surface area contributed by atoms with Crippen molar-refractivity contribution in [2.45, 2.75) is 6.36 Å². The minimum absolute atomic E-state index is 0.331. The molecule has 2 N–H and O–H groups in total. The SMILES string of the molecule is O=C(O)c1[nH]c(=O)cc(OC(F)(F)F)c1I. The third-order valence-electron chi connectivity index (χ3n) is 1.39. The van der Waals surface area contributed by atoms with Crippen molar-refractivity contribution in [3.8, 4) is 5.75 Å². The van der Waals surface area contributed by atoms with Crippen LogP contribution >= 0.6 is 22.6 Å². The third kappa shape index (κ3) is 3.12. The standard InChI is InChI=1S/C7H3F3INO4/c8-7(9,10)16-2-1-3(13)12-5(4(2)11)6(14)15/h1H,(H,12,13)(H,14,15). The number of carboxylic acids is 1. The van der Waals surface area contributed by atoms with E-state index in [1.165, 1.54) is 22.6 Å². The van der Waals surface area contributed by atoms with E-state index in [4.69, 9.17) is 5.11 Å². The lowest BCUT2D eigenvalue weighted by Crippen LogP contribution is -2.22. The highest BCUT2D eigenvalue weighted by Gasteiger charge is 2.33. The number of aromatic amines is 1. The minimum Gasteiger partial charge on any atom is -0.477 e. The number of alkyl halides is 3. The number of nitrogens with one attached hydrogen (secondary N) is 1. The number of carbonyl (C=O) groups is 1. The van der Waals surface area contributed by atoms with E-state index in [1.54, 1.807) is 0 Å². The van der Waals surface area contributed by atoms with Gasteiger partial charge in [-0.1, -0.05) is 0 Å². The van der Waals surface area contributed by atoms with E-state index >= 15 is 0 Å². The van der Waals surface area contributed by atoms with Crippen LogP contribution in [0.5, 0.6) is 5.75 Å². The zero-order chi connectivity index (χ0) is 12.5. The molecule has 0 bridgehead atoms. The number of halogens is 4. The van der Waals surface area contributed by atoms with E-state index in [1.807, 2.05) is 4.98 Å². The average Bonchev–Trinajstić information content (AvgIpc) is 2.07. The average molecular weight is 349 g/mol. The van der Waals surface area contributed by atoms with Gasteiger partial charge in [-0.3, -0.25) is 4.79 Å². The normalized spacial score (nSPS) is 11.2. The van der Waals surface area contributed by atoms with Crippen LogP contribution < -0.4 is 10.3 Å². The van der Waals surface area contributed by atoms with E-state index in [0.29, 0.717) is 6.07 Å². The number of hydrogen-bond acceptors (Lipinski definition) is 3. The maximum Gasteiger partial charge on any atom is 0.573 e. The van der Waals surface area contributed by atoms with Crippen molar-refractivity contribution in [3.05, 3.63) is 25.7 Å². The Hall–Kier alpha value is -1.26. The minimum atomic E-state index is -4.98. The van der Waals surface area contributed by atoms with Crippen molar-refractivity contribution < 1.29 is 27.8 Å². The van der Waals surface area contributed by atoms with Gasteiger partial charge in [-0.05, 0) is 22.6 Å². The van der Waals surface area contributed by atoms with Gasteiger partial charge in [0, 0.05) is 6.07 Å². The molecule has 16 heavy (non-hydrogen) atoms. The van der Waals surface area contributed by atoms with Gasteiger partial charge < -0.3 is 14.8 Å².